The molecule has 1 nitrogen and oxygen atoms in total. The van der Waals surface area contributed by atoms with Gasteiger partial charge < -0.3 is 4.57 Å². The van der Waals surface area contributed by atoms with Gasteiger partial charge in [0.05, 0.1) is 0 Å². The van der Waals surface area contributed by atoms with Gasteiger partial charge in [0.2, 0.25) is 0 Å². The van der Waals surface area contributed by atoms with Crippen molar-refractivity contribution in [2.45, 2.75) is 6.92 Å². The summed E-state index contributed by atoms with van der Waals surface area (Å²) in [7, 11) is 2.08. The van der Waals surface area contributed by atoms with E-state index < -0.39 is 0 Å². The standard InChI is InChI=1S/C12H13N/c1-10-8-12(13(2)9-10)11-6-4-3-5-7-11/h3-9H,1-2H3. The van der Waals surface area contributed by atoms with E-state index in [0.29, 0.717) is 0 Å². The maximum Gasteiger partial charge on any atom is 0.0480 e. The van der Waals surface area contributed by atoms with Gasteiger partial charge >= 0.3 is 0 Å². The SMILES string of the molecule is Cc1cc(-c2ccccc2)n(C)c1. The second-order valence-electron chi connectivity index (χ2n) is 3.38. The number of benzene rings is 1. The largest absolute Gasteiger partial charge is 0.350 e. The molecule has 0 saturated heterocycles. The number of aromatic nitrogens is 1. The Balaban J connectivity index is 2.53. The van der Waals surface area contributed by atoms with Crippen LogP contribution in [0.25, 0.3) is 11.3 Å². The maximum atomic E-state index is 2.20. The molecule has 0 unspecified atom stereocenters. The second-order valence-corrected chi connectivity index (χ2v) is 3.38. The van der Waals surface area contributed by atoms with Crippen LogP contribution in [0, 0.1) is 6.92 Å². The highest BCUT2D eigenvalue weighted by Crippen LogP contribution is 2.20. The summed E-state index contributed by atoms with van der Waals surface area (Å²) in [6, 6.07) is 12.6. The van der Waals surface area contributed by atoms with Gasteiger partial charge in [-0.1, -0.05) is 30.3 Å². The van der Waals surface area contributed by atoms with Gasteiger partial charge in [-0.2, -0.15) is 0 Å². The van der Waals surface area contributed by atoms with Crippen molar-refractivity contribution in [3.05, 3.63) is 48.2 Å². The Kier molecular flexibility index (Phi) is 1.93. The van der Waals surface area contributed by atoms with Crippen molar-refractivity contribution in [1.29, 1.82) is 0 Å². The van der Waals surface area contributed by atoms with Crippen LogP contribution in [0.2, 0.25) is 0 Å². The molecular weight excluding hydrogens is 158 g/mol. The summed E-state index contributed by atoms with van der Waals surface area (Å²) in [6.07, 6.45) is 2.14. The van der Waals surface area contributed by atoms with Crippen LogP contribution in [0.1, 0.15) is 5.56 Å². The Morgan fingerprint density at radius 1 is 1.08 bits per heavy atom. The monoisotopic (exact) mass is 171 g/mol. The minimum absolute atomic E-state index is 1.28. The average molecular weight is 171 g/mol. The van der Waals surface area contributed by atoms with Crippen LogP contribution < -0.4 is 0 Å². The molecule has 13 heavy (non-hydrogen) atoms. The molecule has 66 valence electrons. The molecule has 1 heteroatoms. The molecule has 0 saturated carbocycles. The summed E-state index contributed by atoms with van der Waals surface area (Å²) in [6.45, 7) is 2.12. The van der Waals surface area contributed by atoms with Crippen molar-refractivity contribution in [2.24, 2.45) is 7.05 Å². The van der Waals surface area contributed by atoms with E-state index in [4.69, 9.17) is 0 Å². The van der Waals surface area contributed by atoms with Crippen molar-refractivity contribution in [3.8, 4) is 11.3 Å². The Morgan fingerprint density at radius 3 is 2.31 bits per heavy atom. The summed E-state index contributed by atoms with van der Waals surface area (Å²) in [5.41, 5.74) is 3.86. The highest BCUT2D eigenvalue weighted by Gasteiger charge is 2.01. The number of hydrogen-bond donors (Lipinski definition) is 0. The van der Waals surface area contributed by atoms with Gasteiger partial charge in [0, 0.05) is 18.9 Å². The topological polar surface area (TPSA) is 4.93 Å². The number of rotatable bonds is 1. The van der Waals surface area contributed by atoms with E-state index >= 15 is 0 Å². The lowest BCUT2D eigenvalue weighted by atomic mass is 10.1. The molecule has 0 N–H and O–H groups in total. The third-order valence-corrected chi connectivity index (χ3v) is 2.21. The molecule has 2 aromatic rings. The Labute approximate surface area is 78.6 Å². The van der Waals surface area contributed by atoms with Crippen molar-refractivity contribution in [3.63, 3.8) is 0 Å². The second kappa shape index (κ2) is 3.09. The van der Waals surface area contributed by atoms with Gasteiger partial charge in [0.25, 0.3) is 0 Å². The predicted octanol–water partition coefficient (Wildman–Crippen LogP) is 3.00. The van der Waals surface area contributed by atoms with Crippen molar-refractivity contribution < 1.29 is 0 Å². The first-order chi connectivity index (χ1) is 6.27. The molecule has 1 aromatic heterocycles. The van der Waals surface area contributed by atoms with Crippen molar-refractivity contribution >= 4 is 0 Å². The predicted molar refractivity (Wildman–Crippen MR) is 55.6 cm³/mol. The van der Waals surface area contributed by atoms with E-state index in [1.165, 1.54) is 16.8 Å². The zero-order valence-electron chi connectivity index (χ0n) is 7.99. The molecule has 0 aliphatic rings. The molecule has 0 spiro atoms. The van der Waals surface area contributed by atoms with Gasteiger partial charge in [-0.05, 0) is 24.1 Å². The Bertz CT molecular complexity index is 398. The fourth-order valence-electron chi connectivity index (χ4n) is 1.63. The fraction of sp³-hybridized carbons (Fsp3) is 0.167. The van der Waals surface area contributed by atoms with E-state index in [1.807, 2.05) is 6.07 Å². The van der Waals surface area contributed by atoms with Crippen LogP contribution in [-0.2, 0) is 7.05 Å². The maximum absolute atomic E-state index is 2.20. The number of hydrogen-bond acceptors (Lipinski definition) is 0. The normalized spacial score (nSPS) is 10.3. The molecule has 0 atom stereocenters. The number of nitrogens with zero attached hydrogens (tertiary/aromatic N) is 1. The smallest absolute Gasteiger partial charge is 0.0480 e. The first-order valence-electron chi connectivity index (χ1n) is 4.46. The highest BCUT2D eigenvalue weighted by molar-refractivity contribution is 5.60. The van der Waals surface area contributed by atoms with Gasteiger partial charge in [-0.3, -0.25) is 0 Å². The molecule has 1 aromatic carbocycles. The first-order valence-corrected chi connectivity index (χ1v) is 4.46. The lowest BCUT2D eigenvalue weighted by Crippen LogP contribution is -1.87. The third-order valence-electron chi connectivity index (χ3n) is 2.21. The lowest BCUT2D eigenvalue weighted by Gasteiger charge is -2.01. The minimum Gasteiger partial charge on any atom is -0.350 e. The van der Waals surface area contributed by atoms with Gasteiger partial charge in [0.1, 0.15) is 0 Å². The molecule has 0 fully saturated rings. The summed E-state index contributed by atoms with van der Waals surface area (Å²) >= 11 is 0. The van der Waals surface area contributed by atoms with Crippen LogP contribution in [0.15, 0.2) is 42.6 Å². The molecule has 0 aliphatic heterocycles. The fourth-order valence-corrected chi connectivity index (χ4v) is 1.63. The molecule has 0 aliphatic carbocycles. The summed E-state index contributed by atoms with van der Waals surface area (Å²) in [5, 5.41) is 0. The number of aryl methyl sites for hydroxylation is 2. The van der Waals surface area contributed by atoms with E-state index in [1.54, 1.807) is 0 Å². The molecule has 0 bridgehead atoms. The molecule has 0 amide bonds. The van der Waals surface area contributed by atoms with Crippen LogP contribution in [0.4, 0.5) is 0 Å². The zero-order chi connectivity index (χ0) is 9.26. The summed E-state index contributed by atoms with van der Waals surface area (Å²) in [4.78, 5) is 0. The van der Waals surface area contributed by atoms with E-state index in [0.717, 1.165) is 0 Å². The highest BCUT2D eigenvalue weighted by atomic mass is 14.9. The summed E-state index contributed by atoms with van der Waals surface area (Å²) < 4.78 is 2.16. The van der Waals surface area contributed by atoms with Gasteiger partial charge in [-0.25, -0.2) is 0 Å². The summed E-state index contributed by atoms with van der Waals surface area (Å²) in [5.74, 6) is 0. The third kappa shape index (κ3) is 1.50. The van der Waals surface area contributed by atoms with Crippen LogP contribution in [0.5, 0.6) is 0 Å². The Morgan fingerprint density at radius 2 is 1.77 bits per heavy atom. The zero-order valence-corrected chi connectivity index (χ0v) is 7.99. The Hall–Kier alpha value is -1.50. The van der Waals surface area contributed by atoms with Gasteiger partial charge in [-0.15, -0.1) is 0 Å². The van der Waals surface area contributed by atoms with Crippen molar-refractivity contribution in [1.82, 2.24) is 4.57 Å². The van der Waals surface area contributed by atoms with Crippen LogP contribution >= 0.6 is 0 Å². The van der Waals surface area contributed by atoms with Crippen LogP contribution in [-0.4, -0.2) is 4.57 Å². The molecule has 1 heterocycles. The average Bonchev–Trinajstić information content (AvgIpc) is 2.47. The van der Waals surface area contributed by atoms with E-state index in [9.17, 15) is 0 Å². The molecule has 0 radical (unpaired) electrons. The van der Waals surface area contributed by atoms with E-state index in [-0.39, 0.29) is 0 Å². The molecule has 2 rings (SSSR count). The van der Waals surface area contributed by atoms with Gasteiger partial charge in [0.15, 0.2) is 0 Å². The minimum atomic E-state index is 1.28. The molecular formula is C12H13N. The van der Waals surface area contributed by atoms with Crippen LogP contribution in [0.3, 0.4) is 0 Å². The van der Waals surface area contributed by atoms with Crippen molar-refractivity contribution in [2.75, 3.05) is 0 Å². The van der Waals surface area contributed by atoms with E-state index in [2.05, 4.69) is 55.1 Å². The lowest BCUT2D eigenvalue weighted by molar-refractivity contribution is 0.933. The quantitative estimate of drug-likeness (QED) is 0.621. The first kappa shape index (κ1) is 8.11.